The molecule has 0 saturated carbocycles. The number of hydrogen-bond acceptors (Lipinski definition) is 6. The zero-order chi connectivity index (χ0) is 19.9. The van der Waals surface area contributed by atoms with E-state index in [9.17, 15) is 9.90 Å². The molecule has 1 unspecified atom stereocenters. The molecule has 0 aliphatic carbocycles. The van der Waals surface area contributed by atoms with Crippen LogP contribution in [0.3, 0.4) is 0 Å². The molecular formula is C21H27N3O4. The average molecular weight is 385 g/mol. The summed E-state index contributed by atoms with van der Waals surface area (Å²) in [6, 6.07) is 7.59. The second-order valence-corrected chi connectivity index (χ2v) is 6.85. The number of morpholine rings is 1. The van der Waals surface area contributed by atoms with Gasteiger partial charge in [0.15, 0.2) is 0 Å². The summed E-state index contributed by atoms with van der Waals surface area (Å²) in [6.45, 7) is 8.89. The van der Waals surface area contributed by atoms with Crippen molar-refractivity contribution in [2.24, 2.45) is 0 Å². The lowest BCUT2D eigenvalue weighted by atomic mass is 9.95. The van der Waals surface area contributed by atoms with Crippen molar-refractivity contribution in [3.8, 4) is 11.1 Å². The highest BCUT2D eigenvalue weighted by atomic mass is 16.5. The molecule has 1 N–H and O–H groups in total. The number of methoxy groups -OCH3 is 1. The number of carbonyl (C=O) groups excluding carboxylic acids is 1. The fourth-order valence-electron chi connectivity index (χ4n) is 3.32. The van der Waals surface area contributed by atoms with Crippen LogP contribution in [-0.4, -0.2) is 65.7 Å². The predicted octanol–water partition coefficient (Wildman–Crippen LogP) is 2.03. The smallest absolute Gasteiger partial charge is 0.333 e. The number of hydrogen-bond donors (Lipinski definition) is 1. The number of carbonyl (C=O) groups is 1. The highest BCUT2D eigenvalue weighted by Gasteiger charge is 2.19. The molecule has 2 aromatic rings. The number of benzene rings is 1. The fraction of sp³-hybridized carbons (Fsp3) is 0.429. The molecule has 150 valence electrons. The van der Waals surface area contributed by atoms with E-state index in [-0.39, 0.29) is 12.0 Å². The van der Waals surface area contributed by atoms with Crippen molar-refractivity contribution in [3.63, 3.8) is 0 Å². The maximum atomic E-state index is 11.6. The van der Waals surface area contributed by atoms with Crippen molar-refractivity contribution in [1.82, 2.24) is 14.7 Å². The van der Waals surface area contributed by atoms with Crippen LogP contribution in [0, 0.1) is 0 Å². The van der Waals surface area contributed by atoms with E-state index < -0.39 is 12.1 Å². The molecule has 1 aromatic heterocycles. The van der Waals surface area contributed by atoms with Crippen LogP contribution in [0.15, 0.2) is 48.8 Å². The first-order valence-electron chi connectivity index (χ1n) is 9.44. The Hall–Kier alpha value is -2.48. The topological polar surface area (TPSA) is 76.8 Å². The summed E-state index contributed by atoms with van der Waals surface area (Å²) in [4.78, 5) is 13.9. The van der Waals surface area contributed by atoms with E-state index in [4.69, 9.17) is 4.74 Å². The monoisotopic (exact) mass is 385 g/mol. The molecule has 0 radical (unpaired) electrons. The van der Waals surface area contributed by atoms with Gasteiger partial charge in [-0.1, -0.05) is 30.8 Å². The molecule has 1 aliphatic heterocycles. The third-order valence-electron chi connectivity index (χ3n) is 4.93. The molecule has 1 aromatic carbocycles. The summed E-state index contributed by atoms with van der Waals surface area (Å²) >= 11 is 0. The molecule has 2 heterocycles. The Labute approximate surface area is 165 Å². The molecule has 0 bridgehead atoms. The van der Waals surface area contributed by atoms with Gasteiger partial charge in [-0.3, -0.25) is 9.58 Å². The molecule has 1 aliphatic rings. The van der Waals surface area contributed by atoms with Crippen molar-refractivity contribution in [3.05, 3.63) is 54.4 Å². The van der Waals surface area contributed by atoms with E-state index in [1.165, 1.54) is 7.11 Å². The van der Waals surface area contributed by atoms with E-state index in [0.717, 1.165) is 56.1 Å². The van der Waals surface area contributed by atoms with Crippen LogP contribution in [0.5, 0.6) is 0 Å². The highest BCUT2D eigenvalue weighted by molar-refractivity contribution is 5.87. The Morgan fingerprint density at radius 1 is 1.32 bits per heavy atom. The third kappa shape index (κ3) is 5.07. The summed E-state index contributed by atoms with van der Waals surface area (Å²) in [5.74, 6) is -0.507. The molecular weight excluding hydrogens is 358 g/mol. The zero-order valence-electron chi connectivity index (χ0n) is 16.2. The first kappa shape index (κ1) is 20.3. The van der Waals surface area contributed by atoms with E-state index in [2.05, 4.69) is 21.3 Å². The maximum absolute atomic E-state index is 11.6. The van der Waals surface area contributed by atoms with Crippen molar-refractivity contribution in [2.75, 3.05) is 40.0 Å². The average Bonchev–Trinajstić information content (AvgIpc) is 3.21. The minimum atomic E-state index is -0.848. The van der Waals surface area contributed by atoms with Gasteiger partial charge in [0.1, 0.15) is 0 Å². The number of aliphatic hydroxyl groups is 1. The van der Waals surface area contributed by atoms with Gasteiger partial charge < -0.3 is 14.6 Å². The summed E-state index contributed by atoms with van der Waals surface area (Å²) in [5, 5.41) is 15.1. The summed E-state index contributed by atoms with van der Waals surface area (Å²) < 4.78 is 12.0. The van der Waals surface area contributed by atoms with Crippen LogP contribution < -0.4 is 0 Å². The fourth-order valence-corrected chi connectivity index (χ4v) is 3.32. The van der Waals surface area contributed by atoms with E-state index in [1.54, 1.807) is 6.20 Å². The standard InChI is InChI=1S/C21H27N3O4/c1-16(21(26)27-2)13-20(25)19-6-4-3-5-18(19)17-14-22-24(15-17)8-7-23-9-11-28-12-10-23/h3-6,14-15,20,25H,1,7-13H2,2H3. The van der Waals surface area contributed by atoms with E-state index >= 15 is 0 Å². The first-order valence-corrected chi connectivity index (χ1v) is 9.44. The number of esters is 1. The normalized spacial score (nSPS) is 15.9. The van der Waals surface area contributed by atoms with Crippen LogP contribution >= 0.6 is 0 Å². The quantitative estimate of drug-likeness (QED) is 0.554. The number of nitrogens with zero attached hydrogens (tertiary/aromatic N) is 3. The molecule has 0 spiro atoms. The van der Waals surface area contributed by atoms with E-state index in [0.29, 0.717) is 0 Å². The lowest BCUT2D eigenvalue weighted by Gasteiger charge is -2.26. The minimum Gasteiger partial charge on any atom is -0.466 e. The molecule has 28 heavy (non-hydrogen) atoms. The third-order valence-corrected chi connectivity index (χ3v) is 4.93. The summed E-state index contributed by atoms with van der Waals surface area (Å²) in [5.41, 5.74) is 2.80. The van der Waals surface area contributed by atoms with Crippen molar-refractivity contribution in [2.45, 2.75) is 19.1 Å². The number of ether oxygens (including phenoxy) is 2. The lowest BCUT2D eigenvalue weighted by molar-refractivity contribution is -0.136. The maximum Gasteiger partial charge on any atom is 0.333 e. The van der Waals surface area contributed by atoms with Gasteiger partial charge in [-0.15, -0.1) is 0 Å². The van der Waals surface area contributed by atoms with Crippen molar-refractivity contribution < 1.29 is 19.4 Å². The first-order chi connectivity index (χ1) is 13.6. The zero-order valence-corrected chi connectivity index (χ0v) is 16.2. The molecule has 1 fully saturated rings. The number of aliphatic hydroxyl groups excluding tert-OH is 1. The molecule has 3 rings (SSSR count). The van der Waals surface area contributed by atoms with Gasteiger partial charge in [-0.2, -0.15) is 5.10 Å². The lowest BCUT2D eigenvalue weighted by Crippen LogP contribution is -2.38. The molecule has 1 atom stereocenters. The Kier molecular flexibility index (Phi) is 6.97. The summed E-state index contributed by atoms with van der Waals surface area (Å²) in [6.07, 6.45) is 3.06. The van der Waals surface area contributed by atoms with Gasteiger partial charge in [0.05, 0.1) is 39.2 Å². The summed E-state index contributed by atoms with van der Waals surface area (Å²) in [7, 11) is 1.30. The Bertz CT molecular complexity index is 811. The van der Waals surface area contributed by atoms with E-state index in [1.807, 2.05) is 35.1 Å². The number of aromatic nitrogens is 2. The van der Waals surface area contributed by atoms with Crippen LogP contribution in [0.2, 0.25) is 0 Å². The predicted molar refractivity (Wildman–Crippen MR) is 106 cm³/mol. The van der Waals surface area contributed by atoms with Gasteiger partial charge >= 0.3 is 5.97 Å². The van der Waals surface area contributed by atoms with Crippen LogP contribution in [-0.2, 0) is 20.8 Å². The minimum absolute atomic E-state index is 0.120. The molecule has 0 amide bonds. The Morgan fingerprint density at radius 2 is 2.07 bits per heavy atom. The molecule has 7 heteroatoms. The van der Waals surface area contributed by atoms with Gasteiger partial charge in [-0.05, 0) is 11.1 Å². The van der Waals surface area contributed by atoms with Crippen LogP contribution in [0.25, 0.3) is 11.1 Å². The van der Waals surface area contributed by atoms with Crippen molar-refractivity contribution >= 4 is 5.97 Å². The van der Waals surface area contributed by atoms with Gasteiger partial charge in [0.2, 0.25) is 0 Å². The van der Waals surface area contributed by atoms with Gasteiger partial charge in [0, 0.05) is 43.4 Å². The second-order valence-electron chi connectivity index (χ2n) is 6.85. The Balaban J connectivity index is 1.69. The number of rotatable bonds is 8. The van der Waals surface area contributed by atoms with Crippen molar-refractivity contribution in [1.29, 1.82) is 0 Å². The Morgan fingerprint density at radius 3 is 2.82 bits per heavy atom. The highest BCUT2D eigenvalue weighted by Crippen LogP contribution is 2.31. The SMILES string of the molecule is C=C(CC(O)c1ccccc1-c1cnn(CCN2CCOCC2)c1)C(=O)OC. The largest absolute Gasteiger partial charge is 0.466 e. The van der Waals surface area contributed by atoms with Gasteiger partial charge in [-0.25, -0.2) is 4.79 Å². The molecule has 7 nitrogen and oxygen atoms in total. The second kappa shape index (κ2) is 9.64. The van der Waals surface area contributed by atoms with Gasteiger partial charge in [0.25, 0.3) is 0 Å². The van der Waals surface area contributed by atoms with Crippen LogP contribution in [0.4, 0.5) is 0 Å². The molecule has 1 saturated heterocycles. The van der Waals surface area contributed by atoms with Crippen LogP contribution in [0.1, 0.15) is 18.1 Å².